The van der Waals surface area contributed by atoms with Gasteiger partial charge in [-0.3, -0.25) is 0 Å². The van der Waals surface area contributed by atoms with E-state index in [1.807, 2.05) is 31.2 Å². The number of hydrogen-bond acceptors (Lipinski definition) is 5. The highest BCUT2D eigenvalue weighted by Gasteiger charge is 2.15. The zero-order valence-electron chi connectivity index (χ0n) is 18.5. The number of benzene rings is 2. The van der Waals surface area contributed by atoms with Crippen LogP contribution in [-0.4, -0.2) is 28.6 Å². The number of ether oxygens (including phenoxy) is 1. The molecule has 1 aromatic heterocycles. The average molecular weight is 432 g/mol. The molecular formula is C26H29N3OS. The van der Waals surface area contributed by atoms with Crippen LogP contribution in [0.3, 0.4) is 0 Å². The summed E-state index contributed by atoms with van der Waals surface area (Å²) >= 11 is 1.76. The molecule has 0 saturated carbocycles. The van der Waals surface area contributed by atoms with Gasteiger partial charge in [0.1, 0.15) is 5.82 Å². The molecule has 0 unspecified atom stereocenters. The second-order valence-electron chi connectivity index (χ2n) is 7.48. The van der Waals surface area contributed by atoms with Crippen molar-refractivity contribution in [2.45, 2.75) is 39.5 Å². The Morgan fingerprint density at radius 2 is 1.84 bits per heavy atom. The minimum atomic E-state index is 0.641. The van der Waals surface area contributed by atoms with Crippen LogP contribution in [-0.2, 0) is 12.8 Å². The van der Waals surface area contributed by atoms with E-state index in [1.165, 1.54) is 5.56 Å². The van der Waals surface area contributed by atoms with Crippen LogP contribution < -0.4 is 4.74 Å². The maximum atomic E-state index is 9.39. The number of rotatable bonds is 10. The molecule has 0 radical (unpaired) electrons. The van der Waals surface area contributed by atoms with Crippen LogP contribution in [0.4, 0.5) is 0 Å². The molecule has 1 heterocycles. The lowest BCUT2D eigenvalue weighted by Gasteiger charge is -2.15. The van der Waals surface area contributed by atoms with E-state index in [9.17, 15) is 5.26 Å². The van der Waals surface area contributed by atoms with Crippen molar-refractivity contribution in [3.63, 3.8) is 0 Å². The van der Waals surface area contributed by atoms with E-state index in [-0.39, 0.29) is 0 Å². The Balaban J connectivity index is 1.90. The molecule has 0 bridgehead atoms. The molecule has 4 nitrogen and oxygen atoms in total. The highest BCUT2D eigenvalue weighted by Crippen LogP contribution is 2.27. The lowest BCUT2D eigenvalue weighted by Crippen LogP contribution is -2.10. The fourth-order valence-electron chi connectivity index (χ4n) is 3.53. The Kier molecular flexibility index (Phi) is 8.49. The Hall–Kier alpha value is -2.84. The van der Waals surface area contributed by atoms with Crippen LogP contribution in [0.5, 0.6) is 5.88 Å². The molecule has 0 saturated heterocycles. The maximum Gasteiger partial charge on any atom is 0.220 e. The number of unbranched alkanes of at least 4 members (excludes halogenated alkanes) is 1. The van der Waals surface area contributed by atoms with Crippen LogP contribution >= 0.6 is 11.8 Å². The lowest BCUT2D eigenvalue weighted by atomic mass is 9.96. The molecule has 31 heavy (non-hydrogen) atoms. The van der Waals surface area contributed by atoms with Gasteiger partial charge >= 0.3 is 0 Å². The van der Waals surface area contributed by atoms with Gasteiger partial charge in [0.05, 0.1) is 23.9 Å². The standard InChI is InChI=1S/C26H29N3OS/c1-4-5-10-25-24(26(29-19(2)28-25)30-15-16-31-3)17-20-11-13-21(14-12-20)23-9-7-6-8-22(23)18-27/h6-9,11-14H,4-5,10,15-17H2,1-3H3. The summed E-state index contributed by atoms with van der Waals surface area (Å²) in [6, 6.07) is 18.4. The molecule has 0 aliphatic rings. The minimum Gasteiger partial charge on any atom is -0.476 e. The summed E-state index contributed by atoms with van der Waals surface area (Å²) in [7, 11) is 0. The molecule has 3 rings (SSSR count). The first-order valence-electron chi connectivity index (χ1n) is 10.7. The van der Waals surface area contributed by atoms with Crippen molar-refractivity contribution in [1.29, 1.82) is 5.26 Å². The molecular weight excluding hydrogens is 402 g/mol. The molecule has 5 heteroatoms. The minimum absolute atomic E-state index is 0.641. The van der Waals surface area contributed by atoms with E-state index in [4.69, 9.17) is 9.72 Å². The number of thioether (sulfide) groups is 1. The van der Waals surface area contributed by atoms with Crippen LogP contribution in [0.2, 0.25) is 0 Å². The van der Waals surface area contributed by atoms with Gasteiger partial charge in [-0.2, -0.15) is 22.0 Å². The van der Waals surface area contributed by atoms with E-state index in [2.05, 4.69) is 48.5 Å². The topological polar surface area (TPSA) is 58.8 Å². The third-order valence-corrected chi connectivity index (χ3v) is 5.73. The van der Waals surface area contributed by atoms with Crippen LogP contribution in [0.25, 0.3) is 11.1 Å². The van der Waals surface area contributed by atoms with Crippen LogP contribution in [0, 0.1) is 18.3 Å². The summed E-state index contributed by atoms with van der Waals surface area (Å²) in [5, 5.41) is 9.39. The summed E-state index contributed by atoms with van der Waals surface area (Å²) in [6.07, 6.45) is 5.96. The number of nitriles is 1. The smallest absolute Gasteiger partial charge is 0.220 e. The van der Waals surface area contributed by atoms with Gasteiger partial charge < -0.3 is 4.74 Å². The molecule has 0 aliphatic heterocycles. The van der Waals surface area contributed by atoms with Gasteiger partial charge in [0.25, 0.3) is 0 Å². The van der Waals surface area contributed by atoms with Crippen molar-refractivity contribution in [3.8, 4) is 23.1 Å². The predicted octanol–water partition coefficient (Wildman–Crippen LogP) is 6.00. The zero-order valence-corrected chi connectivity index (χ0v) is 19.3. The number of nitrogens with zero attached hydrogens (tertiary/aromatic N) is 3. The van der Waals surface area contributed by atoms with Gasteiger partial charge in [-0.25, -0.2) is 4.98 Å². The molecule has 0 spiro atoms. The van der Waals surface area contributed by atoms with Gasteiger partial charge in [0, 0.05) is 17.7 Å². The first-order valence-corrected chi connectivity index (χ1v) is 12.1. The molecule has 0 atom stereocenters. The maximum absolute atomic E-state index is 9.39. The second kappa shape index (κ2) is 11.5. The van der Waals surface area contributed by atoms with Crippen molar-refractivity contribution in [3.05, 3.63) is 76.7 Å². The third-order valence-electron chi connectivity index (χ3n) is 5.15. The first kappa shape index (κ1) is 22.8. The molecule has 160 valence electrons. The van der Waals surface area contributed by atoms with Gasteiger partial charge in [-0.05, 0) is 48.8 Å². The summed E-state index contributed by atoms with van der Waals surface area (Å²) in [5.41, 5.74) is 6.05. The fraction of sp³-hybridized carbons (Fsp3) is 0.346. The lowest BCUT2D eigenvalue weighted by molar-refractivity contribution is 0.324. The Morgan fingerprint density at radius 3 is 2.55 bits per heavy atom. The van der Waals surface area contributed by atoms with Gasteiger partial charge in [-0.1, -0.05) is 55.8 Å². The third kappa shape index (κ3) is 6.08. The second-order valence-corrected chi connectivity index (χ2v) is 8.46. The highest BCUT2D eigenvalue weighted by atomic mass is 32.2. The number of aromatic nitrogens is 2. The molecule has 0 amide bonds. The Bertz CT molecular complexity index is 1040. The molecule has 0 N–H and O–H groups in total. The van der Waals surface area contributed by atoms with E-state index in [0.717, 1.165) is 59.6 Å². The summed E-state index contributed by atoms with van der Waals surface area (Å²) in [5.74, 6) is 2.41. The predicted molar refractivity (Wildman–Crippen MR) is 129 cm³/mol. The van der Waals surface area contributed by atoms with E-state index >= 15 is 0 Å². The van der Waals surface area contributed by atoms with Crippen molar-refractivity contribution in [2.75, 3.05) is 18.6 Å². The van der Waals surface area contributed by atoms with Crippen molar-refractivity contribution >= 4 is 11.8 Å². The van der Waals surface area contributed by atoms with Crippen LogP contribution in [0.15, 0.2) is 48.5 Å². The van der Waals surface area contributed by atoms with Crippen molar-refractivity contribution in [2.24, 2.45) is 0 Å². The monoisotopic (exact) mass is 431 g/mol. The van der Waals surface area contributed by atoms with Crippen LogP contribution in [0.1, 0.15) is 48.0 Å². The van der Waals surface area contributed by atoms with Gasteiger partial charge in [0.2, 0.25) is 5.88 Å². The van der Waals surface area contributed by atoms with Gasteiger partial charge in [-0.15, -0.1) is 0 Å². The van der Waals surface area contributed by atoms with E-state index in [1.54, 1.807) is 11.8 Å². The summed E-state index contributed by atoms with van der Waals surface area (Å²) < 4.78 is 6.07. The van der Waals surface area contributed by atoms with Crippen molar-refractivity contribution in [1.82, 2.24) is 9.97 Å². The normalized spacial score (nSPS) is 10.6. The molecule has 2 aromatic carbocycles. The number of hydrogen-bond donors (Lipinski definition) is 0. The molecule has 0 fully saturated rings. The molecule has 0 aliphatic carbocycles. The van der Waals surface area contributed by atoms with Gasteiger partial charge in [0.15, 0.2) is 0 Å². The molecule has 3 aromatic rings. The largest absolute Gasteiger partial charge is 0.476 e. The Labute approximate surface area is 189 Å². The highest BCUT2D eigenvalue weighted by molar-refractivity contribution is 7.98. The quantitative estimate of drug-likeness (QED) is 0.369. The Morgan fingerprint density at radius 1 is 1.06 bits per heavy atom. The van der Waals surface area contributed by atoms with Crippen molar-refractivity contribution < 1.29 is 4.74 Å². The first-order chi connectivity index (χ1) is 15.2. The van der Waals surface area contributed by atoms with E-state index < -0.39 is 0 Å². The summed E-state index contributed by atoms with van der Waals surface area (Å²) in [6.45, 7) is 4.77. The number of aryl methyl sites for hydroxylation is 2. The summed E-state index contributed by atoms with van der Waals surface area (Å²) in [4.78, 5) is 9.37. The average Bonchev–Trinajstić information content (AvgIpc) is 2.80. The van der Waals surface area contributed by atoms with E-state index in [0.29, 0.717) is 18.1 Å². The zero-order chi connectivity index (χ0) is 22.1. The SMILES string of the molecule is CCCCc1nc(C)nc(OCCSC)c1Cc1ccc(-c2ccccc2C#N)cc1. The fourth-order valence-corrected chi connectivity index (χ4v) is 3.78.